The Labute approximate surface area is 166 Å². The Bertz CT molecular complexity index is 808. The number of nitrogens with one attached hydrogen (secondary N) is 1. The highest BCUT2D eigenvalue weighted by Crippen LogP contribution is 2.29. The number of fused-ring (bicyclic) bond motifs is 1. The summed E-state index contributed by atoms with van der Waals surface area (Å²) in [5.41, 5.74) is 2.39. The van der Waals surface area contributed by atoms with Gasteiger partial charge in [-0.05, 0) is 44.9 Å². The molecular weight excluding hydrogens is 356 g/mol. The van der Waals surface area contributed by atoms with E-state index in [9.17, 15) is 9.90 Å². The highest BCUT2D eigenvalue weighted by molar-refractivity contribution is 6.06. The monoisotopic (exact) mass is 388 g/mol. The molecule has 0 aliphatic heterocycles. The molecule has 0 unspecified atom stereocenters. The molecule has 6 nitrogen and oxygen atoms in total. The second-order valence-electron chi connectivity index (χ2n) is 7.63. The van der Waals surface area contributed by atoms with Gasteiger partial charge in [0.1, 0.15) is 18.5 Å². The van der Waals surface area contributed by atoms with Gasteiger partial charge in [0, 0.05) is 36.2 Å². The molecule has 1 saturated carbocycles. The summed E-state index contributed by atoms with van der Waals surface area (Å²) >= 11 is 0. The first-order valence-corrected chi connectivity index (χ1v) is 10.3. The van der Waals surface area contributed by atoms with Crippen LogP contribution < -0.4 is 10.1 Å². The molecule has 154 valence electrons. The van der Waals surface area contributed by atoms with Crippen LogP contribution in [0.3, 0.4) is 0 Å². The molecule has 1 aliphatic rings. The van der Waals surface area contributed by atoms with Crippen LogP contribution in [0.5, 0.6) is 5.75 Å². The topological polar surface area (TPSA) is 72.7 Å². The number of aryl methyl sites for hydroxylation is 1. The maximum atomic E-state index is 12.4. The highest BCUT2D eigenvalue weighted by atomic mass is 16.5. The fourth-order valence-electron chi connectivity index (χ4n) is 3.96. The normalized spacial score (nSPS) is 16.3. The maximum absolute atomic E-state index is 12.4. The first kappa shape index (κ1) is 20.7. The van der Waals surface area contributed by atoms with Crippen LogP contribution in [0, 0.1) is 6.92 Å². The van der Waals surface area contributed by atoms with Crippen molar-refractivity contribution < 1.29 is 19.4 Å². The second kappa shape index (κ2) is 9.43. The number of aliphatic hydroxyl groups excluding tert-OH is 1. The molecule has 0 saturated heterocycles. The average Bonchev–Trinajstić information content (AvgIpc) is 2.95. The summed E-state index contributed by atoms with van der Waals surface area (Å²) in [5, 5.41) is 14.5. The standard InChI is InChI=1S/C22H32N2O4/c1-4-27-22(26)21-15(2)24(3)20-11-10-18(12-19(20)21)28-14-17(25)13-23-16-8-6-5-7-9-16/h10-12,16-17,23,25H,4-9,13-14H2,1-3H3/t17-/m1/s1. The van der Waals surface area contributed by atoms with Crippen LogP contribution in [0.1, 0.15) is 55.1 Å². The lowest BCUT2D eigenvalue weighted by Gasteiger charge is -2.24. The summed E-state index contributed by atoms with van der Waals surface area (Å²) in [7, 11) is 1.93. The molecule has 0 amide bonds. The quantitative estimate of drug-likeness (QED) is 0.679. The molecule has 28 heavy (non-hydrogen) atoms. The van der Waals surface area contributed by atoms with Gasteiger partial charge in [-0.15, -0.1) is 0 Å². The van der Waals surface area contributed by atoms with Gasteiger partial charge < -0.3 is 24.5 Å². The van der Waals surface area contributed by atoms with E-state index in [0.717, 1.165) is 16.6 Å². The van der Waals surface area contributed by atoms with Gasteiger partial charge in [0.15, 0.2) is 0 Å². The van der Waals surface area contributed by atoms with E-state index < -0.39 is 6.10 Å². The van der Waals surface area contributed by atoms with Crippen molar-refractivity contribution in [1.82, 2.24) is 9.88 Å². The van der Waals surface area contributed by atoms with Crippen LogP contribution in [0.4, 0.5) is 0 Å². The SMILES string of the molecule is CCOC(=O)c1c(C)n(C)c2ccc(OC[C@H](O)CNC3CCCCC3)cc12. The summed E-state index contributed by atoms with van der Waals surface area (Å²) in [6, 6.07) is 6.18. The zero-order valence-corrected chi connectivity index (χ0v) is 17.2. The summed E-state index contributed by atoms with van der Waals surface area (Å²) < 4.78 is 13.0. The van der Waals surface area contributed by atoms with Crippen molar-refractivity contribution in [2.24, 2.45) is 7.05 Å². The number of hydrogen-bond acceptors (Lipinski definition) is 5. The number of rotatable bonds is 8. The van der Waals surface area contributed by atoms with Crippen LogP contribution in [0.2, 0.25) is 0 Å². The Hall–Kier alpha value is -2.05. The number of benzene rings is 1. The molecular formula is C22H32N2O4. The first-order valence-electron chi connectivity index (χ1n) is 10.3. The minimum absolute atomic E-state index is 0.214. The average molecular weight is 389 g/mol. The second-order valence-corrected chi connectivity index (χ2v) is 7.63. The van der Waals surface area contributed by atoms with E-state index in [1.807, 2.05) is 36.7 Å². The lowest BCUT2D eigenvalue weighted by Crippen LogP contribution is -2.38. The fourth-order valence-corrected chi connectivity index (χ4v) is 3.96. The third-order valence-electron chi connectivity index (χ3n) is 5.63. The highest BCUT2D eigenvalue weighted by Gasteiger charge is 2.20. The predicted molar refractivity (Wildman–Crippen MR) is 110 cm³/mol. The van der Waals surface area contributed by atoms with Crippen LogP contribution in [0.25, 0.3) is 10.9 Å². The van der Waals surface area contributed by atoms with E-state index in [1.165, 1.54) is 32.1 Å². The Morgan fingerprint density at radius 1 is 1.32 bits per heavy atom. The molecule has 3 rings (SSSR count). The molecule has 2 N–H and O–H groups in total. The van der Waals surface area contributed by atoms with Gasteiger partial charge in [-0.2, -0.15) is 0 Å². The van der Waals surface area contributed by atoms with Crippen LogP contribution in [-0.4, -0.2) is 47.5 Å². The molecule has 1 aromatic carbocycles. The van der Waals surface area contributed by atoms with E-state index in [-0.39, 0.29) is 12.6 Å². The van der Waals surface area contributed by atoms with Crippen molar-refractivity contribution >= 4 is 16.9 Å². The lowest BCUT2D eigenvalue weighted by molar-refractivity contribution is 0.0527. The Morgan fingerprint density at radius 2 is 2.07 bits per heavy atom. The number of aliphatic hydroxyl groups is 1. The zero-order valence-electron chi connectivity index (χ0n) is 17.2. The number of nitrogens with zero attached hydrogens (tertiary/aromatic N) is 1. The lowest BCUT2D eigenvalue weighted by atomic mass is 9.95. The molecule has 1 fully saturated rings. The number of esters is 1. The molecule has 0 bridgehead atoms. The van der Waals surface area contributed by atoms with E-state index in [1.54, 1.807) is 6.92 Å². The van der Waals surface area contributed by atoms with Crippen molar-refractivity contribution in [3.8, 4) is 5.75 Å². The van der Waals surface area contributed by atoms with E-state index >= 15 is 0 Å². The minimum Gasteiger partial charge on any atom is -0.491 e. The molecule has 1 heterocycles. The largest absolute Gasteiger partial charge is 0.491 e. The maximum Gasteiger partial charge on any atom is 0.340 e. The molecule has 0 spiro atoms. The van der Waals surface area contributed by atoms with Gasteiger partial charge in [-0.1, -0.05) is 19.3 Å². The fraction of sp³-hybridized carbons (Fsp3) is 0.591. The van der Waals surface area contributed by atoms with Crippen molar-refractivity contribution in [3.05, 3.63) is 29.5 Å². The molecule has 1 aliphatic carbocycles. The van der Waals surface area contributed by atoms with Gasteiger partial charge in [-0.3, -0.25) is 0 Å². The van der Waals surface area contributed by atoms with E-state index in [0.29, 0.717) is 30.5 Å². The molecule has 2 aromatic rings. The smallest absolute Gasteiger partial charge is 0.340 e. The number of carbonyl (C=O) groups excluding carboxylic acids is 1. The molecule has 1 atom stereocenters. The number of carbonyl (C=O) groups is 1. The number of ether oxygens (including phenoxy) is 2. The first-order chi connectivity index (χ1) is 13.5. The predicted octanol–water partition coefficient (Wildman–Crippen LogP) is 3.33. The summed E-state index contributed by atoms with van der Waals surface area (Å²) in [4.78, 5) is 12.4. The Balaban J connectivity index is 1.64. The van der Waals surface area contributed by atoms with Gasteiger partial charge in [0.2, 0.25) is 0 Å². The summed E-state index contributed by atoms with van der Waals surface area (Å²) in [6.07, 6.45) is 5.66. The summed E-state index contributed by atoms with van der Waals surface area (Å²) in [5.74, 6) is 0.319. The molecule has 6 heteroatoms. The van der Waals surface area contributed by atoms with Crippen molar-refractivity contribution in [2.75, 3.05) is 19.8 Å². The van der Waals surface area contributed by atoms with Crippen LogP contribution >= 0.6 is 0 Å². The van der Waals surface area contributed by atoms with Crippen molar-refractivity contribution in [1.29, 1.82) is 0 Å². The van der Waals surface area contributed by atoms with Gasteiger partial charge in [-0.25, -0.2) is 4.79 Å². The van der Waals surface area contributed by atoms with Crippen molar-refractivity contribution in [2.45, 2.75) is 58.1 Å². The molecule has 1 aromatic heterocycles. The Morgan fingerprint density at radius 3 is 2.79 bits per heavy atom. The van der Waals surface area contributed by atoms with E-state index in [4.69, 9.17) is 9.47 Å². The third kappa shape index (κ3) is 4.67. The van der Waals surface area contributed by atoms with Gasteiger partial charge in [0.05, 0.1) is 12.2 Å². The minimum atomic E-state index is -0.570. The molecule has 0 radical (unpaired) electrons. The van der Waals surface area contributed by atoms with Crippen LogP contribution in [0.15, 0.2) is 18.2 Å². The van der Waals surface area contributed by atoms with Gasteiger partial charge in [0.25, 0.3) is 0 Å². The van der Waals surface area contributed by atoms with Crippen LogP contribution in [-0.2, 0) is 11.8 Å². The van der Waals surface area contributed by atoms with E-state index in [2.05, 4.69) is 5.32 Å². The summed E-state index contributed by atoms with van der Waals surface area (Å²) in [6.45, 7) is 4.80. The Kier molecular flexibility index (Phi) is 6.97. The number of aromatic nitrogens is 1. The van der Waals surface area contributed by atoms with Crippen molar-refractivity contribution in [3.63, 3.8) is 0 Å². The van der Waals surface area contributed by atoms with Gasteiger partial charge >= 0.3 is 5.97 Å². The number of hydrogen-bond donors (Lipinski definition) is 2. The third-order valence-corrected chi connectivity index (χ3v) is 5.63. The zero-order chi connectivity index (χ0) is 20.1.